The van der Waals surface area contributed by atoms with Gasteiger partial charge >= 0.3 is 0 Å². The minimum absolute atomic E-state index is 0.611. The number of unbranched alkanes of at least 4 members (excludes halogenated alkanes) is 5. The molecule has 5 heteroatoms. The summed E-state index contributed by atoms with van der Waals surface area (Å²) in [5.41, 5.74) is 5.82. The Morgan fingerprint density at radius 1 is 1.00 bits per heavy atom. The van der Waals surface area contributed by atoms with Crippen molar-refractivity contribution in [1.82, 2.24) is 15.4 Å². The van der Waals surface area contributed by atoms with Crippen molar-refractivity contribution < 1.29 is 0 Å². The largest absolute Gasteiger partial charge is 0.335 e. The van der Waals surface area contributed by atoms with Crippen LogP contribution in [-0.2, 0) is 0 Å². The highest BCUT2D eigenvalue weighted by molar-refractivity contribution is 5.99. The van der Waals surface area contributed by atoms with Crippen LogP contribution in [-0.4, -0.2) is 22.0 Å². The van der Waals surface area contributed by atoms with Gasteiger partial charge in [-0.2, -0.15) is 5.10 Å². The molecule has 27 heavy (non-hydrogen) atoms. The van der Waals surface area contributed by atoms with Gasteiger partial charge in [-0.15, -0.1) is 0 Å². The molecule has 140 valence electrons. The van der Waals surface area contributed by atoms with Gasteiger partial charge in [-0.1, -0.05) is 62.9 Å². The molecule has 5 nitrogen and oxygen atoms in total. The molecule has 1 heterocycles. The minimum atomic E-state index is 0.611. The SMILES string of the molecule is CCCCCCC/C=N/NC(=Nc1ccccc1)c1nc2ccccc2[nH]1. The molecule has 0 spiro atoms. The van der Waals surface area contributed by atoms with Crippen molar-refractivity contribution in [2.45, 2.75) is 45.4 Å². The van der Waals surface area contributed by atoms with E-state index in [-0.39, 0.29) is 0 Å². The Kier molecular flexibility index (Phi) is 7.16. The van der Waals surface area contributed by atoms with E-state index >= 15 is 0 Å². The van der Waals surface area contributed by atoms with Gasteiger partial charge in [0.1, 0.15) is 0 Å². The summed E-state index contributed by atoms with van der Waals surface area (Å²) in [6.45, 7) is 2.23. The van der Waals surface area contributed by atoms with Crippen LogP contribution in [0.5, 0.6) is 0 Å². The fraction of sp³-hybridized carbons (Fsp3) is 0.318. The molecule has 0 saturated carbocycles. The molecule has 0 saturated heterocycles. The highest BCUT2D eigenvalue weighted by Crippen LogP contribution is 2.14. The van der Waals surface area contributed by atoms with Crippen LogP contribution in [0.15, 0.2) is 64.7 Å². The van der Waals surface area contributed by atoms with Gasteiger partial charge in [-0.3, -0.25) is 5.43 Å². The van der Waals surface area contributed by atoms with Crippen LogP contribution in [0.1, 0.15) is 51.3 Å². The number of hydrogen-bond acceptors (Lipinski definition) is 3. The van der Waals surface area contributed by atoms with E-state index in [1.165, 1.54) is 32.1 Å². The summed E-state index contributed by atoms with van der Waals surface area (Å²) in [7, 11) is 0. The number of aromatic nitrogens is 2. The lowest BCUT2D eigenvalue weighted by Crippen LogP contribution is -2.20. The predicted octanol–water partition coefficient (Wildman–Crippen LogP) is 5.58. The van der Waals surface area contributed by atoms with Gasteiger partial charge < -0.3 is 4.98 Å². The number of fused-ring (bicyclic) bond motifs is 1. The molecule has 0 aliphatic heterocycles. The summed E-state index contributed by atoms with van der Waals surface area (Å²) in [5, 5.41) is 4.37. The Balaban J connectivity index is 1.70. The number of benzene rings is 2. The zero-order valence-electron chi connectivity index (χ0n) is 15.9. The van der Waals surface area contributed by atoms with E-state index in [4.69, 9.17) is 0 Å². The molecule has 0 fully saturated rings. The summed E-state index contributed by atoms with van der Waals surface area (Å²) < 4.78 is 0. The lowest BCUT2D eigenvalue weighted by molar-refractivity contribution is 0.644. The Hall–Kier alpha value is -2.95. The number of nitrogens with zero attached hydrogens (tertiary/aromatic N) is 3. The molecule has 0 aliphatic rings. The molecule has 0 amide bonds. The number of hydrazone groups is 1. The molecule has 0 unspecified atom stereocenters. The van der Waals surface area contributed by atoms with Gasteiger partial charge in [-0.25, -0.2) is 9.98 Å². The molecule has 2 aromatic carbocycles. The summed E-state index contributed by atoms with van der Waals surface area (Å²) in [4.78, 5) is 12.6. The van der Waals surface area contributed by atoms with Crippen molar-refractivity contribution in [2.24, 2.45) is 10.1 Å². The van der Waals surface area contributed by atoms with Gasteiger partial charge in [0.15, 0.2) is 11.7 Å². The van der Waals surface area contributed by atoms with Crippen LogP contribution in [0.2, 0.25) is 0 Å². The normalized spacial score (nSPS) is 12.1. The maximum Gasteiger partial charge on any atom is 0.190 e. The molecule has 0 bridgehead atoms. The molecule has 3 rings (SSSR count). The molecule has 0 radical (unpaired) electrons. The highest BCUT2D eigenvalue weighted by Gasteiger charge is 2.09. The van der Waals surface area contributed by atoms with Gasteiger partial charge in [0, 0.05) is 6.21 Å². The maximum absolute atomic E-state index is 4.68. The fourth-order valence-electron chi connectivity index (χ4n) is 2.84. The number of aromatic amines is 1. The number of amidine groups is 1. The second-order valence-corrected chi connectivity index (χ2v) is 6.52. The van der Waals surface area contributed by atoms with Crippen LogP contribution in [0.4, 0.5) is 5.69 Å². The van der Waals surface area contributed by atoms with Gasteiger partial charge in [-0.05, 0) is 37.1 Å². The lowest BCUT2D eigenvalue weighted by atomic mass is 10.1. The van der Waals surface area contributed by atoms with Crippen LogP contribution >= 0.6 is 0 Å². The number of aliphatic imine (C=N–C) groups is 1. The average molecular weight is 361 g/mol. The number of para-hydroxylation sites is 3. The first-order chi connectivity index (χ1) is 13.4. The minimum Gasteiger partial charge on any atom is -0.335 e. The third kappa shape index (κ3) is 5.78. The van der Waals surface area contributed by atoms with Crippen LogP contribution < -0.4 is 5.43 Å². The molecule has 1 aromatic heterocycles. The molecule has 0 atom stereocenters. The van der Waals surface area contributed by atoms with Crippen molar-refractivity contribution in [3.8, 4) is 0 Å². The maximum atomic E-state index is 4.68. The van der Waals surface area contributed by atoms with Crippen molar-refractivity contribution in [3.63, 3.8) is 0 Å². The van der Waals surface area contributed by atoms with Crippen LogP contribution in [0.3, 0.4) is 0 Å². The van der Waals surface area contributed by atoms with E-state index in [0.29, 0.717) is 11.7 Å². The summed E-state index contributed by atoms with van der Waals surface area (Å²) >= 11 is 0. The number of nitrogens with one attached hydrogen (secondary N) is 2. The highest BCUT2D eigenvalue weighted by atomic mass is 15.3. The number of rotatable bonds is 9. The summed E-state index contributed by atoms with van der Waals surface area (Å²) in [6, 6.07) is 17.8. The van der Waals surface area contributed by atoms with Crippen molar-refractivity contribution >= 4 is 28.8 Å². The Bertz CT molecular complexity index is 847. The number of imidazole rings is 1. The Labute approximate surface area is 160 Å². The summed E-state index contributed by atoms with van der Waals surface area (Å²) in [5.74, 6) is 1.29. The second-order valence-electron chi connectivity index (χ2n) is 6.52. The smallest absolute Gasteiger partial charge is 0.190 e. The molecule has 2 N–H and O–H groups in total. The first-order valence-electron chi connectivity index (χ1n) is 9.73. The van der Waals surface area contributed by atoms with Crippen molar-refractivity contribution in [3.05, 3.63) is 60.4 Å². The monoisotopic (exact) mass is 361 g/mol. The first-order valence-corrected chi connectivity index (χ1v) is 9.73. The molecular weight excluding hydrogens is 334 g/mol. The van der Waals surface area contributed by atoms with Gasteiger partial charge in [0.2, 0.25) is 0 Å². The summed E-state index contributed by atoms with van der Waals surface area (Å²) in [6.07, 6.45) is 9.21. The molecule has 0 aliphatic carbocycles. The van der Waals surface area contributed by atoms with E-state index in [2.05, 4.69) is 32.4 Å². The van der Waals surface area contributed by atoms with Crippen LogP contribution in [0.25, 0.3) is 11.0 Å². The van der Waals surface area contributed by atoms with Gasteiger partial charge in [0.05, 0.1) is 16.7 Å². The van der Waals surface area contributed by atoms with E-state index in [1.54, 1.807) is 0 Å². The first kappa shape index (κ1) is 18.8. The Morgan fingerprint density at radius 2 is 1.78 bits per heavy atom. The number of hydrogen-bond donors (Lipinski definition) is 2. The van der Waals surface area contributed by atoms with E-state index < -0.39 is 0 Å². The quantitative estimate of drug-likeness (QED) is 0.226. The molecular formula is C22H27N5. The van der Waals surface area contributed by atoms with E-state index in [1.807, 2.05) is 60.8 Å². The fourth-order valence-corrected chi connectivity index (χ4v) is 2.84. The lowest BCUT2D eigenvalue weighted by Gasteiger charge is -2.03. The predicted molar refractivity (Wildman–Crippen MR) is 114 cm³/mol. The average Bonchev–Trinajstić information content (AvgIpc) is 3.14. The standard InChI is InChI=1S/C22H27N5/c1-2-3-4-5-6-12-17-23-27-22(24-18-13-8-7-9-14-18)21-25-19-15-10-11-16-20(19)26-21/h7-11,13-17H,2-6,12H2,1H3,(H,24,27)(H,25,26)/b23-17+. The van der Waals surface area contributed by atoms with Crippen LogP contribution in [0, 0.1) is 0 Å². The zero-order valence-corrected chi connectivity index (χ0v) is 15.9. The number of H-pyrrole nitrogens is 1. The topological polar surface area (TPSA) is 65.4 Å². The van der Waals surface area contributed by atoms with Gasteiger partial charge in [0.25, 0.3) is 0 Å². The third-order valence-electron chi connectivity index (χ3n) is 4.31. The van der Waals surface area contributed by atoms with Crippen molar-refractivity contribution in [1.29, 1.82) is 0 Å². The molecule has 3 aromatic rings. The van der Waals surface area contributed by atoms with E-state index in [0.717, 1.165) is 23.1 Å². The third-order valence-corrected chi connectivity index (χ3v) is 4.31. The van der Waals surface area contributed by atoms with Crippen molar-refractivity contribution in [2.75, 3.05) is 0 Å². The Morgan fingerprint density at radius 3 is 2.59 bits per heavy atom. The zero-order chi connectivity index (χ0) is 18.7. The second kappa shape index (κ2) is 10.3. The van der Waals surface area contributed by atoms with E-state index in [9.17, 15) is 0 Å².